The smallest absolute Gasteiger partial charge is 0.208 e. The molecule has 0 amide bonds. The van der Waals surface area contributed by atoms with E-state index in [2.05, 4.69) is 51.0 Å². The number of sulfonamides is 2. The molecule has 2 aliphatic carbocycles. The lowest BCUT2D eigenvalue weighted by atomic mass is 9.83. The Hall–Kier alpha value is -1.74. The van der Waals surface area contributed by atoms with Crippen LogP contribution in [0.1, 0.15) is 78.4 Å². The highest BCUT2D eigenvalue weighted by atomic mass is 32.2. The van der Waals surface area contributed by atoms with E-state index < -0.39 is 20.0 Å². The molecule has 2 aliphatic rings. The van der Waals surface area contributed by atoms with Crippen molar-refractivity contribution in [2.45, 2.75) is 103 Å². The molecule has 2 N–H and O–H groups in total. The predicted molar refractivity (Wildman–Crippen MR) is 155 cm³/mol. The Morgan fingerprint density at radius 3 is 1.13 bits per heavy atom. The van der Waals surface area contributed by atoms with Crippen molar-refractivity contribution < 1.29 is 16.8 Å². The van der Waals surface area contributed by atoms with Crippen LogP contribution in [0, 0.1) is 36.5 Å². The summed E-state index contributed by atoms with van der Waals surface area (Å²) in [5, 5.41) is 0. The summed E-state index contributed by atoms with van der Waals surface area (Å²) >= 11 is 0. The fraction of sp³-hybridized carbons (Fsp3) is 0.600. The molecule has 212 valence electrons. The fourth-order valence-electron chi connectivity index (χ4n) is 5.52. The number of benzene rings is 2. The van der Waals surface area contributed by atoms with Gasteiger partial charge in [-0.15, -0.1) is 0 Å². The van der Waals surface area contributed by atoms with Gasteiger partial charge in [0.05, 0.1) is 9.79 Å². The molecule has 0 unspecified atom stereocenters. The monoisotopic (exact) mass is 562 g/mol. The van der Waals surface area contributed by atoms with Crippen molar-refractivity contribution in [3.8, 4) is 0 Å². The summed E-state index contributed by atoms with van der Waals surface area (Å²) in [4.78, 5) is 0.714. The van der Waals surface area contributed by atoms with Crippen LogP contribution in [0.5, 0.6) is 0 Å². The van der Waals surface area contributed by atoms with E-state index in [1.54, 1.807) is 24.3 Å². The second-order valence-corrected chi connectivity index (χ2v) is 16.3. The highest BCUT2D eigenvalue weighted by Crippen LogP contribution is 2.43. The Kier molecular flexibility index (Phi) is 9.24. The van der Waals surface area contributed by atoms with Crippen molar-refractivity contribution in [1.29, 1.82) is 0 Å². The van der Waals surface area contributed by atoms with E-state index in [9.17, 15) is 16.8 Å². The second kappa shape index (κ2) is 11.4. The van der Waals surface area contributed by atoms with Crippen LogP contribution in [-0.2, 0) is 20.0 Å². The topological polar surface area (TPSA) is 92.3 Å². The molecule has 38 heavy (non-hydrogen) atoms. The maximum absolute atomic E-state index is 12.3. The molecule has 0 aliphatic heterocycles. The third-order valence-electron chi connectivity index (χ3n) is 8.80. The van der Waals surface area contributed by atoms with Crippen LogP contribution in [0.4, 0.5) is 0 Å². The number of rotatable bonds is 6. The molecule has 8 heteroatoms. The Balaban J connectivity index is 0.000000211. The van der Waals surface area contributed by atoms with Gasteiger partial charge in [-0.1, -0.05) is 76.9 Å². The molecule has 0 aromatic heterocycles. The highest BCUT2D eigenvalue weighted by molar-refractivity contribution is 7.89. The predicted octanol–water partition coefficient (Wildman–Crippen LogP) is 6.20. The van der Waals surface area contributed by atoms with Gasteiger partial charge in [-0.2, -0.15) is 0 Å². The first-order valence-corrected chi connectivity index (χ1v) is 16.6. The average Bonchev–Trinajstić information content (AvgIpc) is 3.19. The molecule has 2 aromatic rings. The zero-order valence-corrected chi connectivity index (χ0v) is 25.8. The summed E-state index contributed by atoms with van der Waals surface area (Å²) in [6, 6.07) is 14.1. The van der Waals surface area contributed by atoms with Crippen molar-refractivity contribution in [3.05, 3.63) is 59.7 Å². The molecular formula is C30H46N2O4S2. The Bertz CT molecular complexity index is 1200. The van der Waals surface area contributed by atoms with Gasteiger partial charge < -0.3 is 0 Å². The molecule has 2 fully saturated rings. The third-order valence-corrected chi connectivity index (χ3v) is 11.9. The summed E-state index contributed by atoms with van der Waals surface area (Å²) in [7, 11) is -6.77. The van der Waals surface area contributed by atoms with E-state index in [0.717, 1.165) is 36.8 Å². The molecule has 2 aromatic carbocycles. The molecule has 0 saturated heterocycles. The van der Waals surface area contributed by atoms with E-state index in [0.29, 0.717) is 21.6 Å². The summed E-state index contributed by atoms with van der Waals surface area (Å²) in [5.74, 6) is 1.08. The van der Waals surface area contributed by atoms with E-state index in [1.807, 2.05) is 38.1 Å². The third kappa shape index (κ3) is 7.68. The molecule has 0 heterocycles. The van der Waals surface area contributed by atoms with Crippen LogP contribution in [0.3, 0.4) is 0 Å². The summed E-state index contributed by atoms with van der Waals surface area (Å²) in [6.07, 6.45) is 3.63. The van der Waals surface area contributed by atoms with Crippen molar-refractivity contribution in [1.82, 2.24) is 9.44 Å². The largest absolute Gasteiger partial charge is 0.240 e. The van der Waals surface area contributed by atoms with Gasteiger partial charge in [-0.3, -0.25) is 0 Å². The minimum absolute atomic E-state index is 0.0521. The standard InChI is InChI=1S/2C15H23NO2S/c2*1-11-5-7-14(8-6-11)19(17,18)16-13-9-12(2)15(3,4)10-13/h2*5-8,12-13,16H,9-10H2,1-4H3/t2*12-,13+/m00/s1. The Morgan fingerprint density at radius 1 is 0.605 bits per heavy atom. The van der Waals surface area contributed by atoms with Crippen LogP contribution in [0.2, 0.25) is 0 Å². The van der Waals surface area contributed by atoms with Crippen molar-refractivity contribution in [3.63, 3.8) is 0 Å². The van der Waals surface area contributed by atoms with Crippen molar-refractivity contribution >= 4 is 20.0 Å². The van der Waals surface area contributed by atoms with E-state index in [4.69, 9.17) is 0 Å². The van der Waals surface area contributed by atoms with Gasteiger partial charge in [-0.25, -0.2) is 26.3 Å². The first-order valence-electron chi connectivity index (χ1n) is 13.6. The molecule has 0 spiro atoms. The van der Waals surface area contributed by atoms with Gasteiger partial charge in [0.15, 0.2) is 0 Å². The Morgan fingerprint density at radius 2 is 0.895 bits per heavy atom. The molecular weight excluding hydrogens is 516 g/mol. The Labute approximate surface area is 231 Å². The van der Waals surface area contributed by atoms with Gasteiger partial charge >= 0.3 is 0 Å². The van der Waals surface area contributed by atoms with Crippen molar-refractivity contribution in [2.24, 2.45) is 22.7 Å². The maximum atomic E-state index is 12.3. The SMILES string of the molecule is Cc1ccc(S(=O)(=O)N[C@@H]2C[C@H](C)C(C)(C)C2)cc1.Cc1ccc(S(=O)(=O)N[C@@H]2C[C@H](C)C(C)(C)C2)cc1. The summed E-state index contributed by atoms with van der Waals surface area (Å²) < 4.78 is 54.9. The van der Waals surface area contributed by atoms with Crippen LogP contribution in [0.15, 0.2) is 58.3 Å². The van der Waals surface area contributed by atoms with Gasteiger partial charge in [0.25, 0.3) is 0 Å². The highest BCUT2D eigenvalue weighted by Gasteiger charge is 2.40. The first kappa shape index (κ1) is 30.8. The molecule has 4 atom stereocenters. The maximum Gasteiger partial charge on any atom is 0.240 e. The zero-order valence-electron chi connectivity index (χ0n) is 24.2. The molecule has 2 saturated carbocycles. The van der Waals surface area contributed by atoms with Crippen molar-refractivity contribution in [2.75, 3.05) is 0 Å². The van der Waals surface area contributed by atoms with E-state index >= 15 is 0 Å². The molecule has 0 radical (unpaired) electrons. The van der Waals surface area contributed by atoms with Gasteiger partial charge in [0.1, 0.15) is 0 Å². The van der Waals surface area contributed by atoms with Crippen LogP contribution >= 0.6 is 0 Å². The quantitative estimate of drug-likeness (QED) is 0.439. The number of hydrogen-bond donors (Lipinski definition) is 2. The van der Waals surface area contributed by atoms with Crippen LogP contribution in [-0.4, -0.2) is 28.9 Å². The number of aryl methyl sites for hydroxylation is 2. The normalized spacial score (nSPS) is 26.5. The first-order chi connectivity index (χ1) is 17.4. The van der Waals surface area contributed by atoms with Crippen LogP contribution < -0.4 is 9.44 Å². The lowest BCUT2D eigenvalue weighted by Crippen LogP contribution is -2.33. The van der Waals surface area contributed by atoms with Gasteiger partial charge in [0.2, 0.25) is 20.0 Å². The van der Waals surface area contributed by atoms with Crippen LogP contribution in [0.25, 0.3) is 0 Å². The fourth-order valence-corrected chi connectivity index (χ4v) is 8.02. The van der Waals surface area contributed by atoms with E-state index in [1.165, 1.54) is 0 Å². The minimum atomic E-state index is -3.38. The van der Waals surface area contributed by atoms with E-state index in [-0.39, 0.29) is 22.9 Å². The summed E-state index contributed by atoms with van der Waals surface area (Å²) in [6.45, 7) is 17.1. The molecule has 0 bridgehead atoms. The second-order valence-electron chi connectivity index (χ2n) is 12.9. The lowest BCUT2D eigenvalue weighted by molar-refractivity contribution is 0.279. The molecule has 4 rings (SSSR count). The minimum Gasteiger partial charge on any atom is -0.208 e. The lowest BCUT2D eigenvalue weighted by Gasteiger charge is -2.22. The van der Waals surface area contributed by atoms with Gasteiger partial charge in [0, 0.05) is 12.1 Å². The summed E-state index contributed by atoms with van der Waals surface area (Å²) in [5.41, 5.74) is 2.55. The average molecular weight is 563 g/mol. The zero-order chi connectivity index (χ0) is 28.5. The number of hydrogen-bond acceptors (Lipinski definition) is 4. The van der Waals surface area contributed by atoms with Gasteiger partial charge in [-0.05, 0) is 86.5 Å². The molecule has 6 nitrogen and oxygen atoms in total. The number of nitrogens with one attached hydrogen (secondary N) is 2.